The molecule has 1 unspecified atom stereocenters. The Morgan fingerprint density at radius 1 is 1.21 bits per heavy atom. The van der Waals surface area contributed by atoms with Crippen LogP contribution in [-0.2, 0) is 19.1 Å². The van der Waals surface area contributed by atoms with E-state index >= 15 is 0 Å². The number of para-hydroxylation sites is 1. The first-order valence-corrected chi connectivity index (χ1v) is 10.9. The quantitative estimate of drug-likeness (QED) is 0.528. The number of rotatable bonds is 7. The first kappa shape index (κ1) is 25.0. The third-order valence-electron chi connectivity index (χ3n) is 4.89. The highest BCUT2D eigenvalue weighted by Crippen LogP contribution is 2.42. The molecule has 176 valence electrons. The second-order valence-electron chi connectivity index (χ2n) is 7.12. The Morgan fingerprint density at radius 2 is 1.94 bits per heavy atom. The van der Waals surface area contributed by atoms with Crippen molar-refractivity contribution in [2.24, 2.45) is 5.73 Å². The highest BCUT2D eigenvalue weighted by Gasteiger charge is 2.37. The van der Waals surface area contributed by atoms with E-state index in [1.165, 1.54) is 6.07 Å². The van der Waals surface area contributed by atoms with Crippen LogP contribution in [0.5, 0.6) is 5.75 Å². The van der Waals surface area contributed by atoms with Crippen LogP contribution in [0.25, 0.3) is 0 Å². The molecule has 0 saturated carbocycles. The predicted octanol–water partition coefficient (Wildman–Crippen LogP) is 4.66. The maximum Gasteiger partial charge on any atom is 0.338 e. The lowest BCUT2D eigenvalue weighted by atomic mass is 9.82. The Kier molecular flexibility index (Phi) is 8.05. The Morgan fingerprint density at radius 3 is 2.62 bits per heavy atom. The lowest BCUT2D eigenvalue weighted by molar-refractivity contribution is -0.139. The van der Waals surface area contributed by atoms with Gasteiger partial charge in [0.15, 0.2) is 6.61 Å². The SMILES string of the molecule is CCOC(=O)C1=C(C)OC(N)=C(C#N)C1c1ccccc1OCC(=O)Nc1ccc(Cl)c(Cl)c1. The molecule has 1 aliphatic rings. The van der Waals surface area contributed by atoms with Gasteiger partial charge in [0.1, 0.15) is 23.2 Å². The van der Waals surface area contributed by atoms with E-state index in [4.69, 9.17) is 43.1 Å². The number of amides is 1. The van der Waals surface area contributed by atoms with E-state index in [-0.39, 0.29) is 41.8 Å². The number of anilines is 1. The summed E-state index contributed by atoms with van der Waals surface area (Å²) in [6, 6.07) is 13.4. The number of halogens is 2. The van der Waals surface area contributed by atoms with Crippen LogP contribution in [-0.4, -0.2) is 25.1 Å². The Hall–Kier alpha value is -3.67. The fourth-order valence-electron chi connectivity index (χ4n) is 3.43. The van der Waals surface area contributed by atoms with Crippen LogP contribution >= 0.6 is 23.2 Å². The number of carbonyl (C=O) groups excluding carboxylic acids is 2. The number of nitrogens with one attached hydrogen (secondary N) is 1. The lowest BCUT2D eigenvalue weighted by Gasteiger charge is -2.28. The van der Waals surface area contributed by atoms with Crippen molar-refractivity contribution < 1.29 is 23.8 Å². The second-order valence-corrected chi connectivity index (χ2v) is 7.93. The van der Waals surface area contributed by atoms with Crippen molar-refractivity contribution in [1.29, 1.82) is 5.26 Å². The molecular formula is C24H21Cl2N3O5. The molecule has 0 aromatic heterocycles. The molecule has 0 fully saturated rings. The summed E-state index contributed by atoms with van der Waals surface area (Å²) >= 11 is 11.9. The fraction of sp³-hybridized carbons (Fsp3) is 0.208. The van der Waals surface area contributed by atoms with Crippen molar-refractivity contribution in [3.63, 3.8) is 0 Å². The molecule has 0 bridgehead atoms. The minimum atomic E-state index is -0.896. The molecule has 0 radical (unpaired) electrons. The number of esters is 1. The van der Waals surface area contributed by atoms with Gasteiger partial charge >= 0.3 is 5.97 Å². The molecule has 8 nitrogen and oxygen atoms in total. The number of hydrogen-bond donors (Lipinski definition) is 2. The summed E-state index contributed by atoms with van der Waals surface area (Å²) in [5.74, 6) is -1.61. The number of carbonyl (C=O) groups is 2. The van der Waals surface area contributed by atoms with Crippen molar-refractivity contribution in [2.45, 2.75) is 19.8 Å². The number of nitrogens with zero attached hydrogens (tertiary/aromatic N) is 1. The molecule has 0 aliphatic carbocycles. The van der Waals surface area contributed by atoms with Gasteiger partial charge in [0.25, 0.3) is 5.91 Å². The van der Waals surface area contributed by atoms with Gasteiger partial charge in [-0.25, -0.2) is 4.79 Å². The van der Waals surface area contributed by atoms with Crippen LogP contribution in [0.4, 0.5) is 5.69 Å². The molecule has 0 saturated heterocycles. The molecule has 0 spiro atoms. The summed E-state index contributed by atoms with van der Waals surface area (Å²) in [6.45, 7) is 3.02. The van der Waals surface area contributed by atoms with Crippen LogP contribution in [0.2, 0.25) is 10.0 Å². The maximum atomic E-state index is 12.7. The monoisotopic (exact) mass is 501 g/mol. The smallest absolute Gasteiger partial charge is 0.338 e. The van der Waals surface area contributed by atoms with Crippen LogP contribution in [0, 0.1) is 11.3 Å². The Bertz CT molecular complexity index is 1230. The molecule has 1 heterocycles. The van der Waals surface area contributed by atoms with Crippen molar-refractivity contribution in [3.05, 3.63) is 80.9 Å². The van der Waals surface area contributed by atoms with Crippen LogP contribution < -0.4 is 15.8 Å². The zero-order chi connectivity index (χ0) is 24.8. The van der Waals surface area contributed by atoms with Gasteiger partial charge in [-0.15, -0.1) is 0 Å². The summed E-state index contributed by atoms with van der Waals surface area (Å²) in [5, 5.41) is 13.1. The topological polar surface area (TPSA) is 124 Å². The third-order valence-corrected chi connectivity index (χ3v) is 5.63. The third kappa shape index (κ3) is 5.45. The molecule has 3 rings (SSSR count). The largest absolute Gasteiger partial charge is 0.483 e. The molecule has 1 atom stereocenters. The van der Waals surface area contributed by atoms with Crippen LogP contribution in [0.15, 0.2) is 65.3 Å². The Balaban J connectivity index is 1.89. The fourth-order valence-corrected chi connectivity index (χ4v) is 3.73. The summed E-state index contributed by atoms with van der Waals surface area (Å²) < 4.78 is 16.4. The second kappa shape index (κ2) is 11.0. The maximum absolute atomic E-state index is 12.7. The van der Waals surface area contributed by atoms with Gasteiger partial charge in [-0.2, -0.15) is 5.26 Å². The average Bonchev–Trinajstić information content (AvgIpc) is 2.80. The van der Waals surface area contributed by atoms with Gasteiger partial charge in [0.2, 0.25) is 5.88 Å². The molecule has 2 aromatic carbocycles. The number of hydrogen-bond acceptors (Lipinski definition) is 7. The number of ether oxygens (including phenoxy) is 3. The Labute approximate surface area is 206 Å². The van der Waals surface area contributed by atoms with E-state index in [2.05, 4.69) is 5.32 Å². The normalized spacial score (nSPS) is 15.3. The first-order valence-electron chi connectivity index (χ1n) is 10.2. The van der Waals surface area contributed by atoms with Gasteiger partial charge in [-0.05, 0) is 38.1 Å². The predicted molar refractivity (Wildman–Crippen MR) is 127 cm³/mol. The van der Waals surface area contributed by atoms with Gasteiger partial charge in [0.05, 0.1) is 28.1 Å². The minimum Gasteiger partial charge on any atom is -0.483 e. The molecular weight excluding hydrogens is 481 g/mol. The van der Waals surface area contributed by atoms with E-state index in [0.29, 0.717) is 21.3 Å². The van der Waals surface area contributed by atoms with Crippen LogP contribution in [0.3, 0.4) is 0 Å². The summed E-state index contributed by atoms with van der Waals surface area (Å²) in [7, 11) is 0. The molecule has 3 N–H and O–H groups in total. The van der Waals surface area contributed by atoms with Gasteiger partial charge in [-0.3, -0.25) is 4.79 Å². The van der Waals surface area contributed by atoms with Crippen LogP contribution in [0.1, 0.15) is 25.3 Å². The first-order chi connectivity index (χ1) is 16.3. The summed E-state index contributed by atoms with van der Waals surface area (Å²) in [4.78, 5) is 25.2. The molecule has 2 aromatic rings. The van der Waals surface area contributed by atoms with Crippen molar-refractivity contribution in [1.82, 2.24) is 0 Å². The summed E-state index contributed by atoms with van der Waals surface area (Å²) in [5.41, 5.74) is 7.01. The number of nitriles is 1. The molecule has 10 heteroatoms. The number of nitrogens with two attached hydrogens (primary N) is 1. The van der Waals surface area contributed by atoms with Gasteiger partial charge in [0, 0.05) is 11.3 Å². The minimum absolute atomic E-state index is 0.0324. The van der Waals surface area contributed by atoms with Crippen molar-refractivity contribution in [3.8, 4) is 11.8 Å². The molecule has 1 aliphatic heterocycles. The highest BCUT2D eigenvalue weighted by molar-refractivity contribution is 6.42. The lowest BCUT2D eigenvalue weighted by Crippen LogP contribution is -2.26. The number of allylic oxidation sites excluding steroid dienone is 2. The summed E-state index contributed by atoms with van der Waals surface area (Å²) in [6.07, 6.45) is 0. The van der Waals surface area contributed by atoms with Gasteiger partial charge < -0.3 is 25.3 Å². The number of benzene rings is 2. The average molecular weight is 502 g/mol. The zero-order valence-electron chi connectivity index (χ0n) is 18.4. The molecule has 34 heavy (non-hydrogen) atoms. The van der Waals surface area contributed by atoms with E-state index in [0.717, 1.165) is 0 Å². The van der Waals surface area contributed by atoms with Gasteiger partial charge in [-0.1, -0.05) is 41.4 Å². The molecule has 1 amide bonds. The van der Waals surface area contributed by atoms with E-state index in [9.17, 15) is 14.9 Å². The standard InChI is InChI=1S/C24H21Cl2N3O5/c1-3-32-24(31)21-13(2)34-23(28)16(11-27)22(21)15-6-4-5-7-19(15)33-12-20(30)29-14-8-9-17(25)18(26)10-14/h4-10,22H,3,12,28H2,1-2H3,(H,29,30). The van der Waals surface area contributed by atoms with Crippen molar-refractivity contribution >= 4 is 40.8 Å². The van der Waals surface area contributed by atoms with E-state index in [1.807, 2.05) is 6.07 Å². The zero-order valence-corrected chi connectivity index (χ0v) is 19.9. The van der Waals surface area contributed by atoms with Crippen molar-refractivity contribution in [2.75, 3.05) is 18.5 Å². The van der Waals surface area contributed by atoms with E-state index in [1.54, 1.807) is 50.2 Å². The van der Waals surface area contributed by atoms with E-state index < -0.39 is 17.8 Å². The highest BCUT2D eigenvalue weighted by atomic mass is 35.5.